The van der Waals surface area contributed by atoms with Gasteiger partial charge in [0.25, 0.3) is 10.0 Å². The van der Waals surface area contributed by atoms with Crippen molar-refractivity contribution in [3.05, 3.63) is 82.4 Å². The number of thiazole rings is 1. The van der Waals surface area contributed by atoms with Crippen molar-refractivity contribution in [2.75, 3.05) is 0 Å². The van der Waals surface area contributed by atoms with Gasteiger partial charge in [0.1, 0.15) is 11.1 Å². The summed E-state index contributed by atoms with van der Waals surface area (Å²) in [5, 5.41) is 22.8. The number of rotatable bonds is 5. The van der Waals surface area contributed by atoms with Crippen molar-refractivity contribution >= 4 is 38.2 Å². The number of carboxylic acids is 1. The molecule has 2 aromatic carbocycles. The number of benzene rings is 2. The van der Waals surface area contributed by atoms with Gasteiger partial charge in [0.05, 0.1) is 21.7 Å². The van der Waals surface area contributed by atoms with Crippen molar-refractivity contribution in [2.45, 2.75) is 11.0 Å². The first-order valence-electron chi connectivity index (χ1n) is 8.17. The van der Waals surface area contributed by atoms with Crippen LogP contribution in [-0.2, 0) is 10.0 Å². The smallest absolute Gasteiger partial charge is 0.338 e. The summed E-state index contributed by atoms with van der Waals surface area (Å²) in [4.78, 5) is 16.1. The number of nitrogens with zero attached hydrogens (tertiary/aromatic N) is 2. The standard InChI is InChI=1S/C19H14N2O5S2/c22-17(18-20-10-11-27-18)16-15(19(23)24)13-8-4-5-9-14(13)21(16)28(25,26)12-6-2-1-3-7-12/h1-11,17,22H,(H,23,24). The number of aliphatic hydroxyl groups excluding tert-OH is 1. The van der Waals surface area contributed by atoms with Crippen molar-refractivity contribution in [3.8, 4) is 0 Å². The summed E-state index contributed by atoms with van der Waals surface area (Å²) in [7, 11) is -4.17. The lowest BCUT2D eigenvalue weighted by molar-refractivity contribution is 0.0693. The van der Waals surface area contributed by atoms with Crippen molar-refractivity contribution in [1.82, 2.24) is 8.96 Å². The molecule has 0 aliphatic carbocycles. The molecular formula is C19H14N2O5S2. The van der Waals surface area contributed by atoms with Crippen LogP contribution in [-0.4, -0.2) is 33.6 Å². The molecule has 1 unspecified atom stereocenters. The van der Waals surface area contributed by atoms with E-state index in [1.165, 1.54) is 30.5 Å². The number of para-hydroxylation sites is 1. The van der Waals surface area contributed by atoms with Crippen molar-refractivity contribution < 1.29 is 23.4 Å². The molecule has 0 bridgehead atoms. The van der Waals surface area contributed by atoms with Gasteiger partial charge >= 0.3 is 5.97 Å². The molecule has 0 fully saturated rings. The third-order valence-corrected chi connectivity index (χ3v) is 6.88. The summed E-state index contributed by atoms with van der Waals surface area (Å²) in [6.07, 6.45) is -0.0560. The highest BCUT2D eigenvalue weighted by molar-refractivity contribution is 7.90. The normalized spacial score (nSPS) is 12.9. The Morgan fingerprint density at radius 3 is 2.39 bits per heavy atom. The Morgan fingerprint density at radius 2 is 1.75 bits per heavy atom. The van der Waals surface area contributed by atoms with Gasteiger partial charge in [-0.3, -0.25) is 0 Å². The highest BCUT2D eigenvalue weighted by Crippen LogP contribution is 2.36. The number of hydrogen-bond donors (Lipinski definition) is 2. The Balaban J connectivity index is 2.14. The summed E-state index contributed by atoms with van der Waals surface area (Å²) >= 11 is 1.11. The Kier molecular flexibility index (Phi) is 4.50. The molecule has 2 aromatic heterocycles. The van der Waals surface area contributed by atoms with Gasteiger partial charge < -0.3 is 10.2 Å². The topological polar surface area (TPSA) is 109 Å². The van der Waals surface area contributed by atoms with Gasteiger partial charge in [-0.15, -0.1) is 11.3 Å². The molecule has 0 aliphatic heterocycles. The molecule has 7 nitrogen and oxygen atoms in total. The molecule has 142 valence electrons. The van der Waals surface area contributed by atoms with Gasteiger partial charge in [0, 0.05) is 17.0 Å². The highest BCUT2D eigenvalue weighted by atomic mass is 32.2. The van der Waals surface area contributed by atoms with E-state index in [2.05, 4.69) is 4.98 Å². The second kappa shape index (κ2) is 6.86. The monoisotopic (exact) mass is 414 g/mol. The third kappa shape index (κ3) is 2.80. The predicted octanol–water partition coefficient (Wildman–Crippen LogP) is 3.11. The maximum absolute atomic E-state index is 13.4. The molecule has 0 saturated carbocycles. The molecule has 0 aliphatic rings. The minimum atomic E-state index is -4.17. The zero-order valence-electron chi connectivity index (χ0n) is 14.3. The Labute approximate surface area is 164 Å². The Morgan fingerprint density at radius 1 is 1.07 bits per heavy atom. The molecule has 28 heavy (non-hydrogen) atoms. The van der Waals surface area contributed by atoms with E-state index in [0.717, 1.165) is 15.3 Å². The van der Waals surface area contributed by atoms with Gasteiger partial charge in [0.2, 0.25) is 0 Å². The summed E-state index contributed by atoms with van der Waals surface area (Å²) in [5.74, 6) is -1.33. The summed E-state index contributed by atoms with van der Waals surface area (Å²) in [5.41, 5.74) is -0.334. The van der Waals surface area contributed by atoms with Crippen molar-refractivity contribution in [1.29, 1.82) is 0 Å². The molecule has 9 heteroatoms. The molecule has 1 atom stereocenters. The Bertz CT molecular complexity index is 1260. The summed E-state index contributed by atoms with van der Waals surface area (Å²) in [6, 6.07) is 13.9. The number of fused-ring (bicyclic) bond motifs is 1. The van der Waals surface area contributed by atoms with Gasteiger partial charge in [0.15, 0.2) is 0 Å². The number of aromatic nitrogens is 2. The zero-order chi connectivity index (χ0) is 19.9. The molecule has 4 rings (SSSR count). The molecule has 0 saturated heterocycles. The number of carbonyl (C=O) groups is 1. The lowest BCUT2D eigenvalue weighted by Gasteiger charge is -2.15. The van der Waals surface area contributed by atoms with E-state index in [4.69, 9.17) is 0 Å². The number of hydrogen-bond acceptors (Lipinski definition) is 6. The van der Waals surface area contributed by atoms with Crippen LogP contribution in [0.1, 0.15) is 27.2 Å². The van der Waals surface area contributed by atoms with Crippen molar-refractivity contribution in [2.24, 2.45) is 0 Å². The van der Waals surface area contributed by atoms with E-state index in [0.29, 0.717) is 0 Å². The van der Waals surface area contributed by atoms with E-state index in [1.807, 2.05) is 0 Å². The van der Waals surface area contributed by atoms with Crippen LogP contribution in [0.25, 0.3) is 10.9 Å². The van der Waals surface area contributed by atoms with Gasteiger partial charge in [-0.2, -0.15) is 0 Å². The molecule has 0 radical (unpaired) electrons. The Hall–Kier alpha value is -3.01. The van der Waals surface area contributed by atoms with Gasteiger partial charge in [-0.1, -0.05) is 36.4 Å². The van der Waals surface area contributed by atoms with Crippen molar-refractivity contribution in [3.63, 3.8) is 0 Å². The van der Waals surface area contributed by atoms with E-state index in [9.17, 15) is 23.4 Å². The fraction of sp³-hybridized carbons (Fsp3) is 0.0526. The second-order valence-corrected chi connectivity index (χ2v) is 8.65. The highest BCUT2D eigenvalue weighted by Gasteiger charge is 2.34. The van der Waals surface area contributed by atoms with Crippen LogP contribution in [0, 0.1) is 0 Å². The van der Waals surface area contributed by atoms with E-state index in [1.54, 1.807) is 35.7 Å². The maximum Gasteiger partial charge on any atom is 0.338 e. The fourth-order valence-electron chi connectivity index (χ4n) is 3.15. The van der Waals surface area contributed by atoms with Crippen LogP contribution < -0.4 is 0 Å². The number of aliphatic hydroxyl groups is 1. The first kappa shape index (κ1) is 18.4. The molecule has 0 amide bonds. The van der Waals surface area contributed by atoms with E-state index < -0.39 is 22.1 Å². The molecular weight excluding hydrogens is 400 g/mol. The summed E-state index contributed by atoms with van der Waals surface area (Å²) in [6.45, 7) is 0. The van der Waals surface area contributed by atoms with Crippen LogP contribution >= 0.6 is 11.3 Å². The van der Waals surface area contributed by atoms with Gasteiger partial charge in [-0.05, 0) is 18.2 Å². The van der Waals surface area contributed by atoms with E-state index >= 15 is 0 Å². The largest absolute Gasteiger partial charge is 0.478 e. The summed E-state index contributed by atoms with van der Waals surface area (Å²) < 4.78 is 27.8. The van der Waals surface area contributed by atoms with Crippen LogP contribution in [0.2, 0.25) is 0 Å². The maximum atomic E-state index is 13.4. The molecule has 4 aromatic rings. The van der Waals surface area contributed by atoms with Crippen LogP contribution in [0.4, 0.5) is 0 Å². The number of carboxylic acid groups (broad SMARTS) is 1. The number of aromatic carboxylic acids is 1. The second-order valence-electron chi connectivity index (χ2n) is 5.94. The average molecular weight is 414 g/mol. The predicted molar refractivity (Wildman–Crippen MR) is 104 cm³/mol. The molecule has 2 N–H and O–H groups in total. The lowest BCUT2D eigenvalue weighted by Crippen LogP contribution is -2.20. The fourth-order valence-corrected chi connectivity index (χ4v) is 5.35. The minimum absolute atomic E-state index is 0.0136. The molecule has 2 heterocycles. The van der Waals surface area contributed by atoms with Gasteiger partial charge in [-0.25, -0.2) is 22.2 Å². The van der Waals surface area contributed by atoms with Crippen LogP contribution in [0.3, 0.4) is 0 Å². The average Bonchev–Trinajstić information content (AvgIpc) is 3.34. The van der Waals surface area contributed by atoms with E-state index in [-0.39, 0.29) is 32.1 Å². The zero-order valence-corrected chi connectivity index (χ0v) is 15.9. The third-order valence-electron chi connectivity index (χ3n) is 4.31. The minimum Gasteiger partial charge on any atom is -0.478 e. The first-order valence-corrected chi connectivity index (χ1v) is 10.5. The first-order chi connectivity index (χ1) is 13.4. The van der Waals surface area contributed by atoms with Crippen LogP contribution in [0.5, 0.6) is 0 Å². The SMILES string of the molecule is O=C(O)c1c(C(O)c2nccs2)n(S(=O)(=O)c2ccccc2)c2ccccc12. The van der Waals surface area contributed by atoms with Crippen LogP contribution in [0.15, 0.2) is 71.1 Å². The molecule has 0 spiro atoms. The lowest BCUT2D eigenvalue weighted by atomic mass is 10.1. The quantitative estimate of drug-likeness (QED) is 0.519.